The number of esters is 1. The summed E-state index contributed by atoms with van der Waals surface area (Å²) in [5, 5.41) is 0. The molecule has 1 aliphatic rings. The van der Waals surface area contributed by atoms with Gasteiger partial charge in [-0.25, -0.2) is 9.78 Å². The number of ether oxygens (including phenoxy) is 2. The molecular weight excluding hydrogens is 368 g/mol. The van der Waals surface area contributed by atoms with Crippen molar-refractivity contribution in [2.24, 2.45) is 0 Å². The van der Waals surface area contributed by atoms with Gasteiger partial charge < -0.3 is 14.4 Å². The van der Waals surface area contributed by atoms with Crippen molar-refractivity contribution in [1.82, 2.24) is 4.98 Å². The second-order valence-corrected chi connectivity index (χ2v) is 6.69. The van der Waals surface area contributed by atoms with E-state index in [9.17, 15) is 9.59 Å². The van der Waals surface area contributed by atoms with Crippen LogP contribution in [0.25, 0.3) is 0 Å². The van der Waals surface area contributed by atoms with Crippen LogP contribution in [-0.2, 0) is 16.0 Å². The molecule has 1 atom stereocenters. The molecule has 0 bridgehead atoms. The number of anilines is 1. The van der Waals surface area contributed by atoms with E-state index in [1.54, 1.807) is 36.1 Å². The molecule has 3 aromatic rings. The second kappa shape index (κ2) is 8.14. The fourth-order valence-corrected chi connectivity index (χ4v) is 3.29. The van der Waals surface area contributed by atoms with Gasteiger partial charge in [0.15, 0.2) is 6.10 Å². The predicted molar refractivity (Wildman–Crippen MR) is 108 cm³/mol. The summed E-state index contributed by atoms with van der Waals surface area (Å²) in [6.07, 6.45) is 1.39. The third-order valence-electron chi connectivity index (χ3n) is 4.73. The third-order valence-corrected chi connectivity index (χ3v) is 4.73. The normalized spacial score (nSPS) is 13.5. The molecule has 0 fully saturated rings. The van der Waals surface area contributed by atoms with Gasteiger partial charge in [-0.1, -0.05) is 36.4 Å². The number of nitrogens with zero attached hydrogens (tertiary/aromatic N) is 2. The largest absolute Gasteiger partial charge is 0.449 e. The van der Waals surface area contributed by atoms with Crippen LogP contribution in [0.2, 0.25) is 0 Å². The van der Waals surface area contributed by atoms with Crippen LogP contribution in [0.1, 0.15) is 22.8 Å². The summed E-state index contributed by atoms with van der Waals surface area (Å²) in [5.74, 6) is -0.219. The Kier molecular flexibility index (Phi) is 5.24. The molecule has 0 saturated carbocycles. The first-order valence-corrected chi connectivity index (χ1v) is 9.41. The summed E-state index contributed by atoms with van der Waals surface area (Å²) in [6.45, 7) is 2.16. The van der Waals surface area contributed by atoms with Crippen LogP contribution in [-0.4, -0.2) is 29.5 Å². The van der Waals surface area contributed by atoms with Crippen LogP contribution in [0.15, 0.2) is 72.9 Å². The molecule has 29 heavy (non-hydrogen) atoms. The summed E-state index contributed by atoms with van der Waals surface area (Å²) in [7, 11) is 0. The topological polar surface area (TPSA) is 68.7 Å². The molecule has 0 N–H and O–H groups in total. The van der Waals surface area contributed by atoms with E-state index in [1.807, 2.05) is 42.5 Å². The van der Waals surface area contributed by atoms with Crippen LogP contribution in [0, 0.1) is 0 Å². The second-order valence-electron chi connectivity index (χ2n) is 6.69. The van der Waals surface area contributed by atoms with E-state index in [-0.39, 0.29) is 17.4 Å². The fourth-order valence-electron chi connectivity index (χ4n) is 3.29. The summed E-state index contributed by atoms with van der Waals surface area (Å²) in [5.41, 5.74) is 2.15. The highest BCUT2D eigenvalue weighted by Crippen LogP contribution is 2.29. The molecule has 0 spiro atoms. The van der Waals surface area contributed by atoms with Crippen LogP contribution >= 0.6 is 0 Å². The molecule has 146 valence electrons. The summed E-state index contributed by atoms with van der Waals surface area (Å²) in [4.78, 5) is 31.4. The van der Waals surface area contributed by atoms with Gasteiger partial charge in [-0.2, -0.15) is 0 Å². The molecule has 0 aliphatic carbocycles. The predicted octanol–water partition coefficient (Wildman–Crippen LogP) is 4.01. The highest BCUT2D eigenvalue weighted by atomic mass is 16.6. The Bertz CT molecular complexity index is 1040. The minimum Gasteiger partial charge on any atom is -0.449 e. The smallest absolute Gasteiger partial charge is 0.344 e. The van der Waals surface area contributed by atoms with Crippen LogP contribution in [0.3, 0.4) is 0 Å². The van der Waals surface area contributed by atoms with Gasteiger partial charge in [0.25, 0.3) is 5.91 Å². The van der Waals surface area contributed by atoms with Crippen molar-refractivity contribution in [3.05, 3.63) is 84.1 Å². The van der Waals surface area contributed by atoms with Crippen molar-refractivity contribution in [2.75, 3.05) is 11.4 Å². The molecule has 1 unspecified atom stereocenters. The standard InChI is InChI=1S/C23H20N2O4/c1-16(22(26)25-15-13-17-8-5-6-12-20(17)25)28-23(27)19-11-7-14-24-21(19)29-18-9-3-2-4-10-18/h2-12,14,16H,13,15H2,1H3. The molecule has 1 aliphatic heterocycles. The number of carbonyl (C=O) groups excluding carboxylic acids is 2. The average molecular weight is 388 g/mol. The zero-order valence-corrected chi connectivity index (χ0v) is 15.9. The zero-order chi connectivity index (χ0) is 20.2. The third kappa shape index (κ3) is 3.96. The van der Waals surface area contributed by atoms with Crippen molar-refractivity contribution in [3.63, 3.8) is 0 Å². The number of para-hydroxylation sites is 2. The lowest BCUT2D eigenvalue weighted by atomic mass is 10.2. The number of benzene rings is 2. The van der Waals surface area contributed by atoms with Gasteiger partial charge in [-0.15, -0.1) is 0 Å². The lowest BCUT2D eigenvalue weighted by molar-refractivity contribution is -0.126. The van der Waals surface area contributed by atoms with Crippen molar-refractivity contribution < 1.29 is 19.1 Å². The molecule has 6 nitrogen and oxygen atoms in total. The quantitative estimate of drug-likeness (QED) is 0.618. The van der Waals surface area contributed by atoms with Gasteiger partial charge in [-0.05, 0) is 49.2 Å². The molecule has 1 aromatic heterocycles. The minimum atomic E-state index is -0.932. The van der Waals surface area contributed by atoms with Crippen molar-refractivity contribution in [2.45, 2.75) is 19.4 Å². The van der Waals surface area contributed by atoms with Gasteiger partial charge in [0, 0.05) is 18.4 Å². The number of fused-ring (bicyclic) bond motifs is 1. The van der Waals surface area contributed by atoms with Crippen LogP contribution in [0.4, 0.5) is 5.69 Å². The number of amides is 1. The van der Waals surface area contributed by atoms with Gasteiger partial charge in [0.2, 0.25) is 5.88 Å². The SMILES string of the molecule is CC(OC(=O)c1cccnc1Oc1ccccc1)C(=O)N1CCc2ccccc21. The van der Waals surface area contributed by atoms with E-state index in [4.69, 9.17) is 9.47 Å². The van der Waals surface area contributed by atoms with E-state index in [2.05, 4.69) is 4.98 Å². The molecule has 2 heterocycles. The van der Waals surface area contributed by atoms with Crippen molar-refractivity contribution in [1.29, 1.82) is 0 Å². The van der Waals surface area contributed by atoms with Gasteiger partial charge >= 0.3 is 5.97 Å². The van der Waals surface area contributed by atoms with Crippen LogP contribution in [0.5, 0.6) is 11.6 Å². The lowest BCUT2D eigenvalue weighted by Gasteiger charge is -2.22. The molecular formula is C23H20N2O4. The fraction of sp³-hybridized carbons (Fsp3) is 0.174. The summed E-state index contributed by atoms with van der Waals surface area (Å²) >= 11 is 0. The van der Waals surface area contributed by atoms with E-state index in [0.29, 0.717) is 12.3 Å². The molecule has 2 aromatic carbocycles. The maximum absolute atomic E-state index is 12.9. The van der Waals surface area contributed by atoms with Crippen LogP contribution < -0.4 is 9.64 Å². The highest BCUT2D eigenvalue weighted by Gasteiger charge is 2.30. The van der Waals surface area contributed by atoms with Gasteiger partial charge in [0.1, 0.15) is 11.3 Å². The first-order valence-electron chi connectivity index (χ1n) is 9.41. The Hall–Kier alpha value is -3.67. The Morgan fingerprint density at radius 3 is 2.59 bits per heavy atom. The zero-order valence-electron chi connectivity index (χ0n) is 15.9. The number of hydrogen-bond acceptors (Lipinski definition) is 5. The van der Waals surface area contributed by atoms with E-state index >= 15 is 0 Å². The van der Waals surface area contributed by atoms with E-state index < -0.39 is 12.1 Å². The van der Waals surface area contributed by atoms with E-state index in [0.717, 1.165) is 17.7 Å². The number of carbonyl (C=O) groups is 2. The lowest BCUT2D eigenvalue weighted by Crippen LogP contribution is -2.39. The monoisotopic (exact) mass is 388 g/mol. The minimum absolute atomic E-state index is 0.134. The molecule has 0 saturated heterocycles. The first-order chi connectivity index (χ1) is 14.1. The number of hydrogen-bond donors (Lipinski definition) is 0. The Morgan fingerprint density at radius 1 is 1.00 bits per heavy atom. The highest BCUT2D eigenvalue weighted by molar-refractivity contribution is 6.00. The molecule has 6 heteroatoms. The maximum Gasteiger partial charge on any atom is 0.344 e. The van der Waals surface area contributed by atoms with E-state index in [1.165, 1.54) is 6.20 Å². The molecule has 4 rings (SSSR count). The average Bonchev–Trinajstić information content (AvgIpc) is 3.18. The number of pyridine rings is 1. The molecule has 1 amide bonds. The first kappa shape index (κ1) is 18.7. The van der Waals surface area contributed by atoms with Gasteiger partial charge in [0.05, 0.1) is 0 Å². The van der Waals surface area contributed by atoms with Crippen molar-refractivity contribution >= 4 is 17.6 Å². The Balaban J connectivity index is 1.48. The maximum atomic E-state index is 12.9. The van der Waals surface area contributed by atoms with Gasteiger partial charge in [-0.3, -0.25) is 4.79 Å². The molecule has 0 radical (unpaired) electrons. The van der Waals surface area contributed by atoms with Crippen molar-refractivity contribution in [3.8, 4) is 11.6 Å². The Morgan fingerprint density at radius 2 is 1.76 bits per heavy atom. The summed E-state index contributed by atoms with van der Waals surface area (Å²) < 4.78 is 11.2. The Labute approximate surface area is 168 Å². The number of aromatic nitrogens is 1. The summed E-state index contributed by atoms with van der Waals surface area (Å²) in [6, 6.07) is 20.0. The number of rotatable bonds is 5.